The first-order valence-electron chi connectivity index (χ1n) is 7.39. The van der Waals surface area contributed by atoms with Gasteiger partial charge in [-0.3, -0.25) is 4.79 Å². The number of benzene rings is 1. The Hall–Kier alpha value is -1.26. The number of hydrogen-bond donors (Lipinski definition) is 1. The molecule has 0 spiro atoms. The number of nitrogens with one attached hydrogen (secondary N) is 1. The molecular formula is C16H25ClN2O2. The molecule has 0 radical (unpaired) electrons. The van der Waals surface area contributed by atoms with Crippen LogP contribution in [0.1, 0.15) is 25.3 Å². The average molecular weight is 313 g/mol. The van der Waals surface area contributed by atoms with Crippen molar-refractivity contribution in [3.63, 3.8) is 0 Å². The molecule has 1 aromatic rings. The minimum atomic E-state index is 0. The second kappa shape index (κ2) is 8.90. The number of ether oxygens (including phenoxy) is 1. The topological polar surface area (TPSA) is 41.6 Å². The molecule has 1 amide bonds. The molecule has 0 bridgehead atoms. The first-order chi connectivity index (χ1) is 9.72. The summed E-state index contributed by atoms with van der Waals surface area (Å²) in [6.45, 7) is 3.87. The molecule has 1 aromatic carbocycles. The zero-order valence-corrected chi connectivity index (χ0v) is 13.6. The number of amides is 1. The van der Waals surface area contributed by atoms with Gasteiger partial charge >= 0.3 is 0 Å². The zero-order valence-electron chi connectivity index (χ0n) is 12.8. The van der Waals surface area contributed by atoms with Crippen molar-refractivity contribution in [1.82, 2.24) is 10.2 Å². The zero-order chi connectivity index (χ0) is 14.4. The summed E-state index contributed by atoms with van der Waals surface area (Å²) in [7, 11) is 1.95. The summed E-state index contributed by atoms with van der Waals surface area (Å²) < 4.78 is 5.58. The summed E-state index contributed by atoms with van der Waals surface area (Å²) in [5.74, 6) is 0.835. The van der Waals surface area contributed by atoms with Crippen molar-refractivity contribution in [2.45, 2.75) is 32.2 Å². The van der Waals surface area contributed by atoms with Crippen LogP contribution in [0.4, 0.5) is 0 Å². The summed E-state index contributed by atoms with van der Waals surface area (Å²) in [6.07, 6.45) is 3.21. The molecule has 1 fully saturated rings. The smallest absolute Gasteiger partial charge is 0.260 e. The number of carbonyl (C=O) groups is 1. The van der Waals surface area contributed by atoms with Crippen LogP contribution >= 0.6 is 12.4 Å². The van der Waals surface area contributed by atoms with E-state index in [-0.39, 0.29) is 24.9 Å². The molecule has 1 aliphatic rings. The van der Waals surface area contributed by atoms with Crippen LogP contribution in [-0.4, -0.2) is 43.6 Å². The van der Waals surface area contributed by atoms with Gasteiger partial charge in [0, 0.05) is 19.1 Å². The molecule has 0 saturated carbocycles. The number of carbonyl (C=O) groups excluding carboxylic acids is 1. The van der Waals surface area contributed by atoms with Gasteiger partial charge in [0.25, 0.3) is 5.91 Å². The van der Waals surface area contributed by atoms with Gasteiger partial charge < -0.3 is 15.0 Å². The second-order valence-corrected chi connectivity index (χ2v) is 5.25. The third-order valence-corrected chi connectivity index (χ3v) is 3.88. The average Bonchev–Trinajstić information content (AvgIpc) is 2.53. The molecular weight excluding hydrogens is 288 g/mol. The SMILES string of the molecule is CCc1ccc(OCC(=O)N2CCCC(NC)C2)cc1.Cl. The van der Waals surface area contributed by atoms with E-state index in [1.807, 2.05) is 36.2 Å². The molecule has 1 aliphatic heterocycles. The number of likely N-dealkylation sites (tertiary alicyclic amines) is 1. The summed E-state index contributed by atoms with van der Waals surface area (Å²) in [4.78, 5) is 14.0. The Morgan fingerprint density at radius 3 is 2.71 bits per heavy atom. The van der Waals surface area contributed by atoms with Crippen molar-refractivity contribution in [2.24, 2.45) is 0 Å². The van der Waals surface area contributed by atoms with E-state index < -0.39 is 0 Å². The lowest BCUT2D eigenvalue weighted by Crippen LogP contribution is -2.48. The Bertz CT molecular complexity index is 436. The molecule has 5 heteroatoms. The largest absolute Gasteiger partial charge is 0.484 e. The van der Waals surface area contributed by atoms with Gasteiger partial charge in [0.2, 0.25) is 0 Å². The summed E-state index contributed by atoms with van der Waals surface area (Å²) >= 11 is 0. The number of likely N-dealkylation sites (N-methyl/N-ethyl adjacent to an activating group) is 1. The molecule has 4 nitrogen and oxygen atoms in total. The van der Waals surface area contributed by atoms with E-state index in [4.69, 9.17) is 4.74 Å². The molecule has 1 saturated heterocycles. The highest BCUT2D eigenvalue weighted by Gasteiger charge is 2.22. The number of piperidine rings is 1. The fourth-order valence-corrected chi connectivity index (χ4v) is 2.50. The molecule has 1 heterocycles. The van der Waals surface area contributed by atoms with Gasteiger partial charge in [-0.05, 0) is 44.0 Å². The molecule has 1 atom stereocenters. The van der Waals surface area contributed by atoms with Crippen molar-refractivity contribution in [1.29, 1.82) is 0 Å². The highest BCUT2D eigenvalue weighted by Crippen LogP contribution is 2.14. The van der Waals surface area contributed by atoms with Crippen LogP contribution < -0.4 is 10.1 Å². The van der Waals surface area contributed by atoms with Crippen LogP contribution in [0.25, 0.3) is 0 Å². The Balaban J connectivity index is 0.00000220. The highest BCUT2D eigenvalue weighted by molar-refractivity contribution is 5.85. The lowest BCUT2D eigenvalue weighted by atomic mass is 10.1. The van der Waals surface area contributed by atoms with E-state index in [1.165, 1.54) is 5.56 Å². The third kappa shape index (κ3) is 5.21. The van der Waals surface area contributed by atoms with E-state index in [2.05, 4.69) is 12.2 Å². The van der Waals surface area contributed by atoms with E-state index in [9.17, 15) is 4.79 Å². The third-order valence-electron chi connectivity index (χ3n) is 3.88. The molecule has 118 valence electrons. The van der Waals surface area contributed by atoms with E-state index in [0.717, 1.165) is 38.1 Å². The van der Waals surface area contributed by atoms with Gasteiger partial charge in [0.05, 0.1) is 0 Å². The van der Waals surface area contributed by atoms with Gasteiger partial charge in [0.15, 0.2) is 6.61 Å². The first-order valence-corrected chi connectivity index (χ1v) is 7.39. The normalized spacial score (nSPS) is 18.0. The quantitative estimate of drug-likeness (QED) is 0.907. The predicted molar refractivity (Wildman–Crippen MR) is 87.2 cm³/mol. The van der Waals surface area contributed by atoms with Crippen molar-refractivity contribution in [2.75, 3.05) is 26.7 Å². The lowest BCUT2D eigenvalue weighted by molar-refractivity contribution is -0.134. The van der Waals surface area contributed by atoms with Crippen LogP contribution in [0.2, 0.25) is 0 Å². The van der Waals surface area contributed by atoms with Crippen molar-refractivity contribution in [3.8, 4) is 5.75 Å². The number of hydrogen-bond acceptors (Lipinski definition) is 3. The summed E-state index contributed by atoms with van der Waals surface area (Å²) in [5, 5.41) is 3.24. The molecule has 0 aliphatic carbocycles. The number of nitrogens with zero attached hydrogens (tertiary/aromatic N) is 1. The van der Waals surface area contributed by atoms with Crippen LogP contribution in [0.15, 0.2) is 24.3 Å². The Kier molecular flexibility index (Phi) is 7.54. The maximum absolute atomic E-state index is 12.1. The van der Waals surface area contributed by atoms with Gasteiger partial charge in [-0.15, -0.1) is 12.4 Å². The molecule has 0 aromatic heterocycles. The number of halogens is 1. The Morgan fingerprint density at radius 2 is 2.10 bits per heavy atom. The van der Waals surface area contributed by atoms with Crippen molar-refractivity contribution >= 4 is 18.3 Å². The van der Waals surface area contributed by atoms with Crippen LogP contribution in [-0.2, 0) is 11.2 Å². The van der Waals surface area contributed by atoms with E-state index in [0.29, 0.717) is 6.04 Å². The van der Waals surface area contributed by atoms with Crippen LogP contribution in [0.5, 0.6) is 5.75 Å². The monoisotopic (exact) mass is 312 g/mol. The summed E-state index contributed by atoms with van der Waals surface area (Å²) in [6, 6.07) is 8.35. The van der Waals surface area contributed by atoms with E-state index >= 15 is 0 Å². The molecule has 1 unspecified atom stereocenters. The predicted octanol–water partition coefficient (Wildman–Crippen LogP) is 2.26. The van der Waals surface area contributed by atoms with E-state index in [1.54, 1.807) is 0 Å². The summed E-state index contributed by atoms with van der Waals surface area (Å²) in [5.41, 5.74) is 1.27. The molecule has 2 rings (SSSR count). The van der Waals surface area contributed by atoms with Crippen LogP contribution in [0.3, 0.4) is 0 Å². The van der Waals surface area contributed by atoms with Gasteiger partial charge in [-0.25, -0.2) is 0 Å². The highest BCUT2D eigenvalue weighted by atomic mass is 35.5. The number of aryl methyl sites for hydroxylation is 1. The van der Waals surface area contributed by atoms with Crippen LogP contribution in [0, 0.1) is 0 Å². The van der Waals surface area contributed by atoms with Crippen molar-refractivity contribution < 1.29 is 9.53 Å². The van der Waals surface area contributed by atoms with Gasteiger partial charge in [0.1, 0.15) is 5.75 Å². The fraction of sp³-hybridized carbons (Fsp3) is 0.562. The minimum Gasteiger partial charge on any atom is -0.484 e. The second-order valence-electron chi connectivity index (χ2n) is 5.25. The Labute approximate surface area is 133 Å². The maximum Gasteiger partial charge on any atom is 0.260 e. The standard InChI is InChI=1S/C16H24N2O2.ClH/c1-3-13-6-8-15(9-7-13)20-12-16(19)18-10-4-5-14(11-18)17-2;/h6-9,14,17H,3-5,10-12H2,1-2H3;1H. The Morgan fingerprint density at radius 1 is 1.38 bits per heavy atom. The fourth-order valence-electron chi connectivity index (χ4n) is 2.50. The van der Waals surface area contributed by atoms with Crippen molar-refractivity contribution in [3.05, 3.63) is 29.8 Å². The first kappa shape index (κ1) is 17.8. The number of rotatable bonds is 5. The maximum atomic E-state index is 12.1. The minimum absolute atomic E-state index is 0. The molecule has 1 N–H and O–H groups in total. The van der Waals surface area contributed by atoms with Gasteiger partial charge in [-0.1, -0.05) is 19.1 Å². The van der Waals surface area contributed by atoms with Gasteiger partial charge in [-0.2, -0.15) is 0 Å². The lowest BCUT2D eigenvalue weighted by Gasteiger charge is -2.32. The molecule has 21 heavy (non-hydrogen) atoms.